The van der Waals surface area contributed by atoms with Crippen molar-refractivity contribution in [3.05, 3.63) is 23.9 Å². The molecule has 6 nitrogen and oxygen atoms in total. The lowest BCUT2D eigenvalue weighted by Crippen LogP contribution is -2.38. The van der Waals surface area contributed by atoms with Crippen LogP contribution in [0, 0.1) is 0 Å². The van der Waals surface area contributed by atoms with Gasteiger partial charge in [0.15, 0.2) is 5.84 Å². The van der Waals surface area contributed by atoms with Gasteiger partial charge < -0.3 is 21.0 Å². The van der Waals surface area contributed by atoms with Gasteiger partial charge in [0.25, 0.3) is 0 Å². The van der Waals surface area contributed by atoms with Crippen molar-refractivity contribution in [2.45, 2.75) is 39.5 Å². The quantitative estimate of drug-likeness (QED) is 0.305. The van der Waals surface area contributed by atoms with Gasteiger partial charge in [-0.15, -0.1) is 0 Å². The number of pyridine rings is 1. The van der Waals surface area contributed by atoms with Gasteiger partial charge in [-0.3, -0.25) is 0 Å². The molecule has 0 aliphatic carbocycles. The average Bonchev–Trinajstić information content (AvgIpc) is 2.35. The average molecular weight is 252 g/mol. The number of rotatable bonds is 6. The van der Waals surface area contributed by atoms with E-state index in [1.54, 1.807) is 6.20 Å². The summed E-state index contributed by atoms with van der Waals surface area (Å²) in [5, 5.41) is 14.6. The first-order valence-electron chi connectivity index (χ1n) is 5.86. The highest BCUT2D eigenvalue weighted by Gasteiger charge is 2.10. The van der Waals surface area contributed by atoms with E-state index in [9.17, 15) is 0 Å². The number of hydrogen-bond acceptors (Lipinski definition) is 5. The van der Waals surface area contributed by atoms with E-state index in [4.69, 9.17) is 15.7 Å². The third-order valence-corrected chi connectivity index (χ3v) is 2.36. The molecule has 0 saturated heterocycles. The molecule has 1 heterocycles. The molecule has 1 rings (SSSR count). The molecule has 0 amide bonds. The molecule has 18 heavy (non-hydrogen) atoms. The molecule has 1 aromatic heterocycles. The molecule has 6 heteroatoms. The lowest BCUT2D eigenvalue weighted by molar-refractivity contribution is 0.229. The SMILES string of the molecule is CC(C)Oc1ncccc1CNC(C)C(N)=NO. The van der Waals surface area contributed by atoms with Gasteiger partial charge in [0.05, 0.1) is 12.1 Å². The van der Waals surface area contributed by atoms with Crippen molar-refractivity contribution in [3.63, 3.8) is 0 Å². The van der Waals surface area contributed by atoms with Gasteiger partial charge in [-0.1, -0.05) is 11.2 Å². The normalized spacial score (nSPS) is 13.7. The fraction of sp³-hybridized carbons (Fsp3) is 0.500. The number of amidine groups is 1. The van der Waals surface area contributed by atoms with Crippen molar-refractivity contribution in [3.8, 4) is 5.88 Å². The molecule has 0 aliphatic rings. The number of ether oxygens (including phenoxy) is 1. The zero-order chi connectivity index (χ0) is 13.5. The number of oxime groups is 1. The van der Waals surface area contributed by atoms with E-state index >= 15 is 0 Å². The van der Waals surface area contributed by atoms with Gasteiger partial charge in [-0.25, -0.2) is 4.98 Å². The van der Waals surface area contributed by atoms with Crippen molar-refractivity contribution in [1.82, 2.24) is 10.3 Å². The molecule has 0 bridgehead atoms. The Morgan fingerprint density at radius 3 is 2.89 bits per heavy atom. The maximum atomic E-state index is 8.56. The summed E-state index contributed by atoms with van der Waals surface area (Å²) >= 11 is 0. The van der Waals surface area contributed by atoms with E-state index in [2.05, 4.69) is 15.5 Å². The van der Waals surface area contributed by atoms with Gasteiger partial charge in [0.2, 0.25) is 5.88 Å². The minimum atomic E-state index is -0.220. The molecule has 0 fully saturated rings. The molecule has 0 spiro atoms. The number of aromatic nitrogens is 1. The summed E-state index contributed by atoms with van der Waals surface area (Å²) in [6.07, 6.45) is 1.76. The van der Waals surface area contributed by atoms with Crippen molar-refractivity contribution in [2.75, 3.05) is 0 Å². The fourth-order valence-corrected chi connectivity index (χ4v) is 1.34. The van der Waals surface area contributed by atoms with Crippen LogP contribution in [0.25, 0.3) is 0 Å². The maximum Gasteiger partial charge on any atom is 0.218 e. The summed E-state index contributed by atoms with van der Waals surface area (Å²) in [5.41, 5.74) is 6.42. The molecule has 0 aliphatic heterocycles. The first-order chi connectivity index (χ1) is 8.54. The van der Waals surface area contributed by atoms with Crippen LogP contribution in [0.4, 0.5) is 0 Å². The number of nitrogens with zero attached hydrogens (tertiary/aromatic N) is 2. The van der Waals surface area contributed by atoms with Gasteiger partial charge in [-0.2, -0.15) is 0 Å². The predicted molar refractivity (Wildman–Crippen MR) is 69.7 cm³/mol. The minimum Gasteiger partial charge on any atom is -0.475 e. The van der Waals surface area contributed by atoms with E-state index in [-0.39, 0.29) is 18.0 Å². The molecular weight excluding hydrogens is 232 g/mol. The Hall–Kier alpha value is -1.82. The van der Waals surface area contributed by atoms with E-state index in [1.807, 2.05) is 32.9 Å². The van der Waals surface area contributed by atoms with Crippen LogP contribution in [0.3, 0.4) is 0 Å². The first kappa shape index (κ1) is 14.2. The Balaban J connectivity index is 2.67. The highest BCUT2D eigenvalue weighted by Crippen LogP contribution is 2.15. The molecule has 100 valence electrons. The Morgan fingerprint density at radius 2 is 2.28 bits per heavy atom. The topological polar surface area (TPSA) is 92.8 Å². The first-order valence-corrected chi connectivity index (χ1v) is 5.86. The second-order valence-corrected chi connectivity index (χ2v) is 4.26. The number of hydrogen-bond donors (Lipinski definition) is 3. The molecule has 1 aromatic rings. The number of nitrogens with two attached hydrogens (primary N) is 1. The van der Waals surface area contributed by atoms with E-state index in [0.717, 1.165) is 5.56 Å². The Morgan fingerprint density at radius 1 is 1.56 bits per heavy atom. The van der Waals surface area contributed by atoms with Gasteiger partial charge >= 0.3 is 0 Å². The maximum absolute atomic E-state index is 8.56. The van der Waals surface area contributed by atoms with Crippen molar-refractivity contribution >= 4 is 5.84 Å². The minimum absolute atomic E-state index is 0.0696. The highest BCUT2D eigenvalue weighted by atomic mass is 16.5. The van der Waals surface area contributed by atoms with Crippen molar-refractivity contribution < 1.29 is 9.94 Å². The monoisotopic (exact) mass is 252 g/mol. The van der Waals surface area contributed by atoms with Crippen molar-refractivity contribution in [2.24, 2.45) is 10.9 Å². The third kappa shape index (κ3) is 4.21. The van der Waals surface area contributed by atoms with Gasteiger partial charge in [-0.05, 0) is 26.8 Å². The highest BCUT2D eigenvalue weighted by molar-refractivity contribution is 5.84. The smallest absolute Gasteiger partial charge is 0.218 e. The molecule has 0 radical (unpaired) electrons. The summed E-state index contributed by atoms with van der Waals surface area (Å²) < 4.78 is 5.60. The summed E-state index contributed by atoms with van der Waals surface area (Å²) in [6, 6.07) is 3.55. The third-order valence-electron chi connectivity index (χ3n) is 2.36. The molecule has 0 saturated carbocycles. The second kappa shape index (κ2) is 6.80. The van der Waals surface area contributed by atoms with Crippen LogP contribution in [0.1, 0.15) is 26.3 Å². The molecule has 1 atom stereocenters. The van der Waals surface area contributed by atoms with Gasteiger partial charge in [0.1, 0.15) is 0 Å². The van der Waals surface area contributed by atoms with Gasteiger partial charge in [0, 0.05) is 18.3 Å². The second-order valence-electron chi connectivity index (χ2n) is 4.26. The standard InChI is InChI=1S/C12H20N4O2/c1-8(2)18-12-10(5-4-6-14-12)7-15-9(3)11(13)16-17/h4-6,8-9,15,17H,7H2,1-3H3,(H2,13,16). The van der Waals surface area contributed by atoms with Crippen molar-refractivity contribution in [1.29, 1.82) is 0 Å². The van der Waals surface area contributed by atoms with Crippen LogP contribution in [0.2, 0.25) is 0 Å². The Kier molecular flexibility index (Phi) is 5.38. The van der Waals surface area contributed by atoms with E-state index in [1.165, 1.54) is 0 Å². The van der Waals surface area contributed by atoms with Crippen LogP contribution < -0.4 is 15.8 Å². The molecule has 4 N–H and O–H groups in total. The fourth-order valence-electron chi connectivity index (χ4n) is 1.34. The summed E-state index contributed by atoms with van der Waals surface area (Å²) in [6.45, 7) is 6.25. The zero-order valence-corrected chi connectivity index (χ0v) is 10.9. The van der Waals surface area contributed by atoms with Crippen LogP contribution in [0.5, 0.6) is 5.88 Å². The Bertz CT molecular complexity index is 407. The van der Waals surface area contributed by atoms with Crippen LogP contribution >= 0.6 is 0 Å². The number of nitrogens with one attached hydrogen (secondary N) is 1. The molecular formula is C12H20N4O2. The summed E-state index contributed by atoms with van der Waals surface area (Å²) in [4.78, 5) is 4.19. The Labute approximate surface area is 107 Å². The van der Waals surface area contributed by atoms with Crippen LogP contribution in [-0.2, 0) is 6.54 Å². The van der Waals surface area contributed by atoms with E-state index in [0.29, 0.717) is 12.4 Å². The van der Waals surface area contributed by atoms with Crippen LogP contribution in [0.15, 0.2) is 23.5 Å². The molecule has 1 unspecified atom stereocenters. The zero-order valence-electron chi connectivity index (χ0n) is 10.9. The predicted octanol–water partition coefficient (Wildman–Crippen LogP) is 1.09. The van der Waals surface area contributed by atoms with E-state index < -0.39 is 0 Å². The lowest BCUT2D eigenvalue weighted by Gasteiger charge is -2.15. The van der Waals surface area contributed by atoms with Crippen LogP contribution in [-0.4, -0.2) is 28.2 Å². The lowest BCUT2D eigenvalue weighted by atomic mass is 10.2. The summed E-state index contributed by atoms with van der Waals surface area (Å²) in [7, 11) is 0. The summed E-state index contributed by atoms with van der Waals surface area (Å²) in [5.74, 6) is 0.747. The molecule has 0 aromatic carbocycles. The largest absolute Gasteiger partial charge is 0.475 e.